The topological polar surface area (TPSA) is 65.1 Å². The van der Waals surface area contributed by atoms with Gasteiger partial charge in [0.2, 0.25) is 5.54 Å². The largest absolute Gasteiger partial charge is 0.465 e. The lowest BCUT2D eigenvalue weighted by atomic mass is 9.82. The zero-order valence-electron chi connectivity index (χ0n) is 12.4. The maximum Gasteiger partial charge on any atom is 0.339 e. The van der Waals surface area contributed by atoms with Crippen LogP contribution in [0.5, 0.6) is 0 Å². The molecule has 2 unspecified atom stereocenters. The van der Waals surface area contributed by atoms with Crippen LogP contribution < -0.4 is 0 Å². The average Bonchev–Trinajstić information content (AvgIpc) is 2.90. The quantitative estimate of drug-likeness (QED) is 0.772. The predicted octanol–water partition coefficient (Wildman–Crippen LogP) is 1.52. The van der Waals surface area contributed by atoms with Crippen LogP contribution in [0.1, 0.15) is 18.9 Å². The van der Waals surface area contributed by atoms with E-state index < -0.39 is 17.5 Å². The molecule has 2 aliphatic rings. The van der Waals surface area contributed by atoms with Crippen LogP contribution in [0, 0.1) is 0 Å². The lowest BCUT2D eigenvalue weighted by Crippen LogP contribution is -2.53. The summed E-state index contributed by atoms with van der Waals surface area (Å²) in [6.07, 6.45) is 1.89. The lowest BCUT2D eigenvalue weighted by molar-refractivity contribution is -0.191. The summed E-state index contributed by atoms with van der Waals surface area (Å²) < 4.78 is 10.2. The molecule has 0 N–H and O–H groups in total. The number of benzene rings is 1. The minimum absolute atomic E-state index is 0.106. The SMILES string of the molecule is COC(=O)C1=CON2C(C)CCOC(=O)C12c1ccccc1. The molecule has 0 radical (unpaired) electrons. The van der Waals surface area contributed by atoms with Crippen molar-refractivity contribution < 1.29 is 23.9 Å². The van der Waals surface area contributed by atoms with E-state index in [2.05, 4.69) is 0 Å². The average molecular weight is 303 g/mol. The van der Waals surface area contributed by atoms with E-state index in [4.69, 9.17) is 14.3 Å². The molecular formula is C16H17NO5. The van der Waals surface area contributed by atoms with E-state index in [1.54, 1.807) is 24.3 Å². The summed E-state index contributed by atoms with van der Waals surface area (Å²) in [4.78, 5) is 30.6. The van der Waals surface area contributed by atoms with Gasteiger partial charge in [0.05, 0.1) is 13.7 Å². The Bertz CT molecular complexity index is 627. The summed E-state index contributed by atoms with van der Waals surface area (Å²) in [5.74, 6) is -1.14. The number of hydrogen-bond donors (Lipinski definition) is 0. The molecule has 0 saturated carbocycles. The van der Waals surface area contributed by atoms with Crippen LogP contribution in [-0.4, -0.2) is 36.8 Å². The number of hydroxylamine groups is 2. The first-order chi connectivity index (χ1) is 10.6. The highest BCUT2D eigenvalue weighted by Crippen LogP contribution is 2.45. The summed E-state index contributed by atoms with van der Waals surface area (Å²) in [7, 11) is 1.27. The first kappa shape index (κ1) is 14.6. The van der Waals surface area contributed by atoms with Gasteiger partial charge in [0.25, 0.3) is 0 Å². The molecule has 2 atom stereocenters. The van der Waals surface area contributed by atoms with E-state index >= 15 is 0 Å². The van der Waals surface area contributed by atoms with Gasteiger partial charge in [-0.05, 0) is 12.5 Å². The lowest BCUT2D eigenvalue weighted by Gasteiger charge is -2.36. The third kappa shape index (κ3) is 1.91. The zero-order chi connectivity index (χ0) is 15.7. The van der Waals surface area contributed by atoms with Gasteiger partial charge in [-0.2, -0.15) is 0 Å². The van der Waals surface area contributed by atoms with E-state index in [1.807, 2.05) is 13.0 Å². The molecule has 6 nitrogen and oxygen atoms in total. The van der Waals surface area contributed by atoms with Crippen molar-refractivity contribution in [2.45, 2.75) is 24.9 Å². The van der Waals surface area contributed by atoms with Gasteiger partial charge in [0.1, 0.15) is 11.8 Å². The van der Waals surface area contributed by atoms with E-state index in [0.29, 0.717) is 12.0 Å². The number of methoxy groups -OCH3 is 1. The van der Waals surface area contributed by atoms with E-state index in [9.17, 15) is 9.59 Å². The molecule has 116 valence electrons. The molecular weight excluding hydrogens is 286 g/mol. The van der Waals surface area contributed by atoms with Gasteiger partial charge in [-0.1, -0.05) is 30.3 Å². The Balaban J connectivity index is 2.23. The van der Waals surface area contributed by atoms with Gasteiger partial charge >= 0.3 is 11.9 Å². The fourth-order valence-electron chi connectivity index (χ4n) is 2.96. The standard InChI is InChI=1S/C16H17NO5/c1-11-8-9-21-15(19)16(12-6-4-3-5-7-12)13(14(18)20-2)10-22-17(11)16/h3-7,10-11H,8-9H2,1-2H3. The highest BCUT2D eigenvalue weighted by Gasteiger charge is 2.60. The number of cyclic esters (lactones) is 1. The van der Waals surface area contributed by atoms with Gasteiger partial charge < -0.3 is 14.3 Å². The molecule has 6 heteroatoms. The van der Waals surface area contributed by atoms with Gasteiger partial charge in [0, 0.05) is 12.5 Å². The highest BCUT2D eigenvalue weighted by atomic mass is 16.7. The summed E-state index contributed by atoms with van der Waals surface area (Å²) in [5, 5.41) is 1.53. The number of hydrogen-bond acceptors (Lipinski definition) is 6. The summed E-state index contributed by atoms with van der Waals surface area (Å²) >= 11 is 0. The van der Waals surface area contributed by atoms with Crippen LogP contribution in [0.4, 0.5) is 0 Å². The number of carbonyl (C=O) groups excluding carboxylic acids is 2. The number of esters is 2. The number of nitrogens with zero attached hydrogens (tertiary/aromatic N) is 1. The van der Waals surface area contributed by atoms with Crippen molar-refractivity contribution in [2.24, 2.45) is 0 Å². The maximum absolute atomic E-state index is 12.8. The number of ether oxygens (including phenoxy) is 2. The van der Waals surface area contributed by atoms with Crippen LogP contribution in [0.2, 0.25) is 0 Å². The van der Waals surface area contributed by atoms with Gasteiger partial charge in [0.15, 0.2) is 0 Å². The van der Waals surface area contributed by atoms with Gasteiger partial charge in [-0.3, -0.25) is 0 Å². The monoisotopic (exact) mass is 303 g/mol. The molecule has 1 aromatic carbocycles. The second-order valence-corrected chi connectivity index (χ2v) is 5.30. The minimum atomic E-state index is -1.43. The molecule has 0 aromatic heterocycles. The van der Waals surface area contributed by atoms with Gasteiger partial charge in [-0.15, -0.1) is 5.06 Å². The summed E-state index contributed by atoms with van der Waals surface area (Å²) in [6.45, 7) is 2.20. The number of carbonyl (C=O) groups is 2. The fraction of sp³-hybridized carbons (Fsp3) is 0.375. The molecule has 2 heterocycles. The third-order valence-electron chi connectivity index (χ3n) is 4.07. The molecule has 0 aliphatic carbocycles. The molecule has 1 fully saturated rings. The molecule has 1 aromatic rings. The van der Waals surface area contributed by atoms with Crippen LogP contribution in [0.25, 0.3) is 0 Å². The Labute approximate surface area is 128 Å². The molecule has 2 aliphatic heterocycles. The molecule has 0 amide bonds. The molecule has 1 saturated heterocycles. The summed E-state index contributed by atoms with van der Waals surface area (Å²) in [6, 6.07) is 8.89. The molecule has 0 spiro atoms. The Morgan fingerprint density at radius 3 is 2.77 bits per heavy atom. The second-order valence-electron chi connectivity index (χ2n) is 5.30. The Hall–Kier alpha value is -2.34. The smallest absolute Gasteiger partial charge is 0.339 e. The van der Waals surface area contributed by atoms with Crippen molar-refractivity contribution >= 4 is 11.9 Å². The van der Waals surface area contributed by atoms with Crippen molar-refractivity contribution in [2.75, 3.05) is 13.7 Å². The van der Waals surface area contributed by atoms with Crippen LogP contribution in [-0.2, 0) is 29.4 Å². The molecule has 0 bridgehead atoms. The van der Waals surface area contributed by atoms with Crippen molar-refractivity contribution in [3.63, 3.8) is 0 Å². The second kappa shape index (κ2) is 5.46. The van der Waals surface area contributed by atoms with E-state index in [-0.39, 0.29) is 18.2 Å². The van der Waals surface area contributed by atoms with Crippen molar-refractivity contribution in [1.29, 1.82) is 0 Å². The third-order valence-corrected chi connectivity index (χ3v) is 4.07. The van der Waals surface area contributed by atoms with Crippen LogP contribution >= 0.6 is 0 Å². The normalized spacial score (nSPS) is 28.0. The zero-order valence-corrected chi connectivity index (χ0v) is 12.4. The van der Waals surface area contributed by atoms with E-state index in [1.165, 1.54) is 18.4 Å². The number of rotatable bonds is 2. The first-order valence-corrected chi connectivity index (χ1v) is 7.10. The highest BCUT2D eigenvalue weighted by molar-refractivity contribution is 6.02. The van der Waals surface area contributed by atoms with Gasteiger partial charge in [-0.25, -0.2) is 9.59 Å². The molecule has 3 rings (SSSR count). The predicted molar refractivity (Wildman–Crippen MR) is 76.2 cm³/mol. The fourth-order valence-corrected chi connectivity index (χ4v) is 2.96. The summed E-state index contributed by atoms with van der Waals surface area (Å²) in [5.41, 5.74) is -0.688. The van der Waals surface area contributed by atoms with Crippen LogP contribution in [0.3, 0.4) is 0 Å². The van der Waals surface area contributed by atoms with Crippen molar-refractivity contribution in [1.82, 2.24) is 5.06 Å². The Kier molecular flexibility index (Phi) is 3.62. The maximum atomic E-state index is 12.8. The first-order valence-electron chi connectivity index (χ1n) is 7.10. The van der Waals surface area contributed by atoms with Crippen LogP contribution in [0.15, 0.2) is 42.2 Å². The van der Waals surface area contributed by atoms with Crippen molar-refractivity contribution in [3.8, 4) is 0 Å². The molecule has 22 heavy (non-hydrogen) atoms. The minimum Gasteiger partial charge on any atom is -0.465 e. The van der Waals surface area contributed by atoms with Crippen molar-refractivity contribution in [3.05, 3.63) is 47.7 Å². The Morgan fingerprint density at radius 2 is 2.09 bits per heavy atom. The number of fused-ring (bicyclic) bond motifs is 1. The Morgan fingerprint density at radius 1 is 1.36 bits per heavy atom. The van der Waals surface area contributed by atoms with E-state index in [0.717, 1.165) is 0 Å².